The molecule has 1 fully saturated rings. The number of ether oxygens (including phenoxy) is 1. The minimum atomic E-state index is 0.479. The molecule has 1 unspecified atom stereocenters. The SMILES string of the molecule is CCN1CCCC(Nc2ncccc2OC)C1. The second-order valence-corrected chi connectivity index (χ2v) is 4.43. The lowest BCUT2D eigenvalue weighted by molar-refractivity contribution is 0.226. The van der Waals surface area contributed by atoms with E-state index >= 15 is 0 Å². The fourth-order valence-corrected chi connectivity index (χ4v) is 2.32. The van der Waals surface area contributed by atoms with Crippen LogP contribution in [0.1, 0.15) is 19.8 Å². The van der Waals surface area contributed by atoms with E-state index in [1.807, 2.05) is 12.1 Å². The number of hydrogen-bond donors (Lipinski definition) is 1. The van der Waals surface area contributed by atoms with Crippen molar-refractivity contribution in [3.05, 3.63) is 18.3 Å². The number of rotatable bonds is 4. The van der Waals surface area contributed by atoms with E-state index in [2.05, 4.69) is 22.1 Å². The zero-order valence-electron chi connectivity index (χ0n) is 10.6. The monoisotopic (exact) mass is 235 g/mol. The Kier molecular flexibility index (Phi) is 4.20. The predicted octanol–water partition coefficient (Wildman–Crippen LogP) is 1.99. The van der Waals surface area contributed by atoms with Gasteiger partial charge >= 0.3 is 0 Å². The second-order valence-electron chi connectivity index (χ2n) is 4.43. The first-order valence-corrected chi connectivity index (χ1v) is 6.31. The number of anilines is 1. The summed E-state index contributed by atoms with van der Waals surface area (Å²) < 4.78 is 5.30. The summed E-state index contributed by atoms with van der Waals surface area (Å²) >= 11 is 0. The lowest BCUT2D eigenvalue weighted by Crippen LogP contribution is -2.42. The van der Waals surface area contributed by atoms with Crippen LogP contribution in [0.3, 0.4) is 0 Å². The molecule has 0 saturated carbocycles. The Balaban J connectivity index is 2.00. The van der Waals surface area contributed by atoms with Crippen molar-refractivity contribution in [1.82, 2.24) is 9.88 Å². The molecule has 0 bridgehead atoms. The molecule has 4 nitrogen and oxygen atoms in total. The molecule has 1 aliphatic rings. The molecule has 2 rings (SSSR count). The van der Waals surface area contributed by atoms with Crippen LogP contribution in [0.2, 0.25) is 0 Å². The summed E-state index contributed by atoms with van der Waals surface area (Å²) in [6.07, 6.45) is 4.25. The average molecular weight is 235 g/mol. The Hall–Kier alpha value is -1.29. The molecular weight excluding hydrogens is 214 g/mol. The minimum absolute atomic E-state index is 0.479. The summed E-state index contributed by atoms with van der Waals surface area (Å²) in [7, 11) is 1.68. The van der Waals surface area contributed by atoms with Crippen molar-refractivity contribution in [1.29, 1.82) is 0 Å². The largest absolute Gasteiger partial charge is 0.493 e. The third-order valence-corrected chi connectivity index (χ3v) is 3.28. The molecule has 0 amide bonds. The van der Waals surface area contributed by atoms with Gasteiger partial charge in [-0.15, -0.1) is 0 Å². The Labute approximate surface area is 103 Å². The van der Waals surface area contributed by atoms with Crippen LogP contribution in [0, 0.1) is 0 Å². The van der Waals surface area contributed by atoms with Gasteiger partial charge in [0.15, 0.2) is 11.6 Å². The smallest absolute Gasteiger partial charge is 0.168 e. The number of methoxy groups -OCH3 is 1. The topological polar surface area (TPSA) is 37.4 Å². The molecule has 94 valence electrons. The van der Waals surface area contributed by atoms with E-state index in [1.54, 1.807) is 13.3 Å². The van der Waals surface area contributed by atoms with Crippen molar-refractivity contribution in [2.24, 2.45) is 0 Å². The standard InChI is InChI=1S/C13H21N3O/c1-3-16-9-5-6-11(10-16)15-13-12(17-2)7-4-8-14-13/h4,7-8,11H,3,5-6,9-10H2,1-2H3,(H,14,15). The van der Waals surface area contributed by atoms with Gasteiger partial charge in [0.1, 0.15) is 0 Å². The quantitative estimate of drug-likeness (QED) is 0.866. The van der Waals surface area contributed by atoms with Crippen molar-refractivity contribution in [2.45, 2.75) is 25.8 Å². The van der Waals surface area contributed by atoms with Gasteiger partial charge in [-0.05, 0) is 38.1 Å². The van der Waals surface area contributed by atoms with Crippen LogP contribution in [0.4, 0.5) is 5.82 Å². The van der Waals surface area contributed by atoms with Gasteiger partial charge in [-0.1, -0.05) is 6.92 Å². The van der Waals surface area contributed by atoms with E-state index in [9.17, 15) is 0 Å². The fraction of sp³-hybridized carbons (Fsp3) is 0.615. The highest BCUT2D eigenvalue weighted by Crippen LogP contribution is 2.23. The van der Waals surface area contributed by atoms with Crippen LogP contribution >= 0.6 is 0 Å². The van der Waals surface area contributed by atoms with Crippen molar-refractivity contribution in [3.8, 4) is 5.75 Å². The van der Waals surface area contributed by atoms with Crippen LogP contribution in [0.25, 0.3) is 0 Å². The highest BCUT2D eigenvalue weighted by molar-refractivity contribution is 5.50. The van der Waals surface area contributed by atoms with Gasteiger partial charge in [0.05, 0.1) is 7.11 Å². The van der Waals surface area contributed by atoms with Crippen LogP contribution in [0.5, 0.6) is 5.75 Å². The maximum atomic E-state index is 5.30. The molecule has 1 N–H and O–H groups in total. The molecule has 1 atom stereocenters. The van der Waals surface area contributed by atoms with E-state index in [4.69, 9.17) is 4.74 Å². The Morgan fingerprint density at radius 2 is 2.47 bits per heavy atom. The van der Waals surface area contributed by atoms with Crippen molar-refractivity contribution in [3.63, 3.8) is 0 Å². The second kappa shape index (κ2) is 5.87. The fourth-order valence-electron chi connectivity index (χ4n) is 2.32. The number of likely N-dealkylation sites (tertiary alicyclic amines) is 1. The number of piperidine rings is 1. The first kappa shape index (κ1) is 12.2. The normalized spacial score (nSPS) is 21.2. The Morgan fingerprint density at radius 1 is 1.59 bits per heavy atom. The van der Waals surface area contributed by atoms with Crippen LogP contribution in [-0.4, -0.2) is 42.7 Å². The Bertz CT molecular complexity index is 356. The number of hydrogen-bond acceptors (Lipinski definition) is 4. The molecular formula is C13H21N3O. The van der Waals surface area contributed by atoms with Gasteiger partial charge in [-0.3, -0.25) is 0 Å². The van der Waals surface area contributed by atoms with Gasteiger partial charge in [-0.2, -0.15) is 0 Å². The van der Waals surface area contributed by atoms with Crippen LogP contribution < -0.4 is 10.1 Å². The third kappa shape index (κ3) is 3.09. The summed E-state index contributed by atoms with van der Waals surface area (Å²) in [5.41, 5.74) is 0. The molecule has 1 saturated heterocycles. The minimum Gasteiger partial charge on any atom is -0.493 e. The molecule has 1 aromatic rings. The number of nitrogens with zero attached hydrogens (tertiary/aromatic N) is 2. The van der Waals surface area contributed by atoms with Crippen molar-refractivity contribution >= 4 is 5.82 Å². The summed E-state index contributed by atoms with van der Waals surface area (Å²) in [6, 6.07) is 4.31. The molecule has 0 radical (unpaired) electrons. The average Bonchev–Trinajstić information content (AvgIpc) is 2.39. The first-order valence-electron chi connectivity index (χ1n) is 6.31. The molecule has 17 heavy (non-hydrogen) atoms. The maximum absolute atomic E-state index is 5.30. The molecule has 0 aliphatic carbocycles. The number of nitrogens with one attached hydrogen (secondary N) is 1. The summed E-state index contributed by atoms with van der Waals surface area (Å²) in [6.45, 7) is 5.64. The van der Waals surface area contributed by atoms with Crippen molar-refractivity contribution < 1.29 is 4.74 Å². The summed E-state index contributed by atoms with van der Waals surface area (Å²) in [5.74, 6) is 1.68. The lowest BCUT2D eigenvalue weighted by atomic mass is 10.1. The van der Waals surface area contributed by atoms with E-state index in [1.165, 1.54) is 19.4 Å². The van der Waals surface area contributed by atoms with E-state index in [0.29, 0.717) is 6.04 Å². The highest BCUT2D eigenvalue weighted by atomic mass is 16.5. The summed E-state index contributed by atoms with van der Waals surface area (Å²) in [5, 5.41) is 3.49. The first-order chi connectivity index (χ1) is 8.33. The van der Waals surface area contributed by atoms with Gasteiger partial charge in [0, 0.05) is 18.8 Å². The van der Waals surface area contributed by atoms with Gasteiger partial charge in [0.2, 0.25) is 0 Å². The van der Waals surface area contributed by atoms with Crippen LogP contribution in [0.15, 0.2) is 18.3 Å². The van der Waals surface area contributed by atoms with Gasteiger partial charge in [0.25, 0.3) is 0 Å². The van der Waals surface area contributed by atoms with Gasteiger partial charge < -0.3 is 15.0 Å². The predicted molar refractivity (Wildman–Crippen MR) is 69.5 cm³/mol. The van der Waals surface area contributed by atoms with E-state index in [0.717, 1.165) is 24.7 Å². The number of likely N-dealkylation sites (N-methyl/N-ethyl adjacent to an activating group) is 1. The molecule has 2 heterocycles. The van der Waals surface area contributed by atoms with Crippen LogP contribution in [-0.2, 0) is 0 Å². The molecule has 0 aromatic carbocycles. The number of aromatic nitrogens is 1. The zero-order valence-corrected chi connectivity index (χ0v) is 10.6. The summed E-state index contributed by atoms with van der Waals surface area (Å²) in [4.78, 5) is 6.81. The Morgan fingerprint density at radius 3 is 3.24 bits per heavy atom. The molecule has 0 spiro atoms. The molecule has 4 heteroatoms. The third-order valence-electron chi connectivity index (χ3n) is 3.28. The maximum Gasteiger partial charge on any atom is 0.168 e. The molecule has 1 aromatic heterocycles. The van der Waals surface area contributed by atoms with E-state index in [-0.39, 0.29) is 0 Å². The highest BCUT2D eigenvalue weighted by Gasteiger charge is 2.19. The van der Waals surface area contributed by atoms with Crippen molar-refractivity contribution in [2.75, 3.05) is 32.1 Å². The zero-order chi connectivity index (χ0) is 12.1. The lowest BCUT2D eigenvalue weighted by Gasteiger charge is -2.32. The van der Waals surface area contributed by atoms with Gasteiger partial charge in [-0.25, -0.2) is 4.98 Å². The van der Waals surface area contributed by atoms with E-state index < -0.39 is 0 Å². The number of pyridine rings is 1. The molecule has 1 aliphatic heterocycles.